The predicted molar refractivity (Wildman–Crippen MR) is 45.4 cm³/mol. The van der Waals surface area contributed by atoms with Gasteiger partial charge in [0.1, 0.15) is 0 Å². The molecule has 0 aliphatic carbocycles. The molecule has 1 saturated heterocycles. The van der Waals surface area contributed by atoms with E-state index in [1.165, 1.54) is 0 Å². The largest absolute Gasteiger partial charge is 0.390 e. The molecule has 1 rings (SSSR count). The maximum Gasteiger partial charge on any atom is 0.390 e. The number of rotatable bonds is 2. The molecule has 0 aromatic carbocycles. The highest BCUT2D eigenvalue weighted by Crippen LogP contribution is 2.22. The van der Waals surface area contributed by atoms with Crippen molar-refractivity contribution < 1.29 is 13.2 Å². The quantitative estimate of drug-likeness (QED) is 0.692. The van der Waals surface area contributed by atoms with Crippen molar-refractivity contribution >= 4 is 0 Å². The minimum absolute atomic E-state index is 0.0294. The van der Waals surface area contributed by atoms with Crippen molar-refractivity contribution in [3.05, 3.63) is 0 Å². The molecule has 0 N–H and O–H groups in total. The van der Waals surface area contributed by atoms with E-state index in [9.17, 15) is 13.2 Å². The Morgan fingerprint density at radius 2 is 2.14 bits per heavy atom. The lowest BCUT2D eigenvalue weighted by Gasteiger charge is -2.29. The van der Waals surface area contributed by atoms with Gasteiger partial charge in [0, 0.05) is 13.1 Å². The fourth-order valence-electron chi connectivity index (χ4n) is 1.65. The summed E-state index contributed by atoms with van der Waals surface area (Å²) in [5.41, 5.74) is 0. The molecule has 2 nitrogen and oxygen atoms in total. The molecule has 80 valence electrons. The number of nitrogens with zero attached hydrogens (tertiary/aromatic N) is 2. The van der Waals surface area contributed by atoms with Crippen LogP contribution in [0.1, 0.15) is 19.3 Å². The molecule has 14 heavy (non-hydrogen) atoms. The molecule has 5 heteroatoms. The summed E-state index contributed by atoms with van der Waals surface area (Å²) in [5.74, 6) is -0.0861. The van der Waals surface area contributed by atoms with Gasteiger partial charge in [-0.3, -0.25) is 0 Å². The SMILES string of the molecule is N#CC1CCCN(CCC(F)(F)F)C1. The Bertz CT molecular complexity index is 219. The number of hydrogen-bond acceptors (Lipinski definition) is 2. The van der Waals surface area contributed by atoms with E-state index in [1.54, 1.807) is 4.90 Å². The highest BCUT2D eigenvalue weighted by atomic mass is 19.4. The van der Waals surface area contributed by atoms with E-state index in [4.69, 9.17) is 5.26 Å². The van der Waals surface area contributed by atoms with E-state index >= 15 is 0 Å². The minimum Gasteiger partial charge on any atom is -0.302 e. The second kappa shape index (κ2) is 4.65. The molecule has 0 spiro atoms. The first-order valence-electron chi connectivity index (χ1n) is 4.70. The van der Waals surface area contributed by atoms with Gasteiger partial charge < -0.3 is 4.90 Å². The Morgan fingerprint density at radius 1 is 1.43 bits per heavy atom. The van der Waals surface area contributed by atoms with Crippen molar-refractivity contribution in [1.82, 2.24) is 4.90 Å². The van der Waals surface area contributed by atoms with Crippen LogP contribution in [0.4, 0.5) is 13.2 Å². The molecule has 0 saturated carbocycles. The van der Waals surface area contributed by atoms with Crippen molar-refractivity contribution in [3.63, 3.8) is 0 Å². The predicted octanol–water partition coefficient (Wildman–Crippen LogP) is 2.17. The van der Waals surface area contributed by atoms with E-state index < -0.39 is 12.6 Å². The van der Waals surface area contributed by atoms with Crippen molar-refractivity contribution in [2.24, 2.45) is 5.92 Å². The summed E-state index contributed by atoms with van der Waals surface area (Å²) >= 11 is 0. The Kier molecular flexibility index (Phi) is 3.76. The molecular weight excluding hydrogens is 193 g/mol. The van der Waals surface area contributed by atoms with Gasteiger partial charge in [-0.15, -0.1) is 0 Å². The Labute approximate surface area is 81.3 Å². The van der Waals surface area contributed by atoms with E-state index in [2.05, 4.69) is 6.07 Å². The first-order chi connectivity index (χ1) is 6.51. The monoisotopic (exact) mass is 206 g/mol. The topological polar surface area (TPSA) is 27.0 Å². The molecule has 1 atom stereocenters. The van der Waals surface area contributed by atoms with Gasteiger partial charge in [-0.2, -0.15) is 18.4 Å². The summed E-state index contributed by atoms with van der Waals surface area (Å²) in [7, 11) is 0. The van der Waals surface area contributed by atoms with E-state index in [0.717, 1.165) is 12.8 Å². The third kappa shape index (κ3) is 3.97. The fraction of sp³-hybridized carbons (Fsp3) is 0.889. The number of alkyl halides is 3. The van der Waals surface area contributed by atoms with Crippen LogP contribution in [0.5, 0.6) is 0 Å². The second-order valence-corrected chi connectivity index (χ2v) is 3.63. The van der Waals surface area contributed by atoms with Crippen LogP contribution in [-0.2, 0) is 0 Å². The average molecular weight is 206 g/mol. The first-order valence-corrected chi connectivity index (χ1v) is 4.70. The summed E-state index contributed by atoms with van der Waals surface area (Å²) in [6, 6.07) is 2.11. The lowest BCUT2D eigenvalue weighted by molar-refractivity contribution is -0.138. The molecule has 0 bridgehead atoms. The molecule has 1 unspecified atom stereocenters. The summed E-state index contributed by atoms with van der Waals surface area (Å²) in [4.78, 5) is 1.73. The van der Waals surface area contributed by atoms with Crippen molar-refractivity contribution in [2.75, 3.05) is 19.6 Å². The van der Waals surface area contributed by atoms with Gasteiger partial charge >= 0.3 is 6.18 Å². The number of likely N-dealkylation sites (tertiary alicyclic amines) is 1. The zero-order valence-corrected chi connectivity index (χ0v) is 7.85. The third-order valence-corrected chi connectivity index (χ3v) is 2.40. The second-order valence-electron chi connectivity index (χ2n) is 3.63. The molecule has 1 heterocycles. The van der Waals surface area contributed by atoms with Crippen molar-refractivity contribution in [3.8, 4) is 6.07 Å². The van der Waals surface area contributed by atoms with E-state index in [1.807, 2.05) is 0 Å². The number of nitriles is 1. The summed E-state index contributed by atoms with van der Waals surface area (Å²) in [6.07, 6.45) is -3.21. The highest BCUT2D eigenvalue weighted by molar-refractivity contribution is 4.88. The number of halogens is 3. The van der Waals surface area contributed by atoms with Crippen LogP contribution in [-0.4, -0.2) is 30.7 Å². The Morgan fingerprint density at radius 3 is 2.71 bits per heavy atom. The van der Waals surface area contributed by atoms with Crippen LogP contribution in [0, 0.1) is 17.2 Å². The summed E-state index contributed by atoms with van der Waals surface area (Å²) in [6.45, 7) is 1.21. The minimum atomic E-state index is -4.08. The molecule has 1 aliphatic rings. The van der Waals surface area contributed by atoms with Gasteiger partial charge in [0.25, 0.3) is 0 Å². The molecule has 0 radical (unpaired) electrons. The zero-order chi connectivity index (χ0) is 10.6. The molecule has 0 aromatic heterocycles. The van der Waals surface area contributed by atoms with Crippen LogP contribution in [0.15, 0.2) is 0 Å². The standard InChI is InChI=1S/C9H13F3N2/c10-9(11,12)3-5-14-4-1-2-8(6-13)7-14/h8H,1-5,7H2. The van der Waals surface area contributed by atoms with Gasteiger partial charge in [0.15, 0.2) is 0 Å². The van der Waals surface area contributed by atoms with E-state index in [-0.39, 0.29) is 12.5 Å². The van der Waals surface area contributed by atoms with Crippen molar-refractivity contribution in [2.45, 2.75) is 25.4 Å². The molecule has 1 aliphatic heterocycles. The molecule has 0 aromatic rings. The average Bonchev–Trinajstić information content (AvgIpc) is 2.14. The van der Waals surface area contributed by atoms with Crippen molar-refractivity contribution in [1.29, 1.82) is 5.26 Å². The van der Waals surface area contributed by atoms with Gasteiger partial charge in [-0.05, 0) is 19.4 Å². The maximum atomic E-state index is 11.9. The molecule has 0 amide bonds. The normalized spacial score (nSPS) is 24.6. The van der Waals surface area contributed by atoms with Crippen LogP contribution in [0.25, 0.3) is 0 Å². The van der Waals surface area contributed by atoms with Crippen LogP contribution in [0.3, 0.4) is 0 Å². The smallest absolute Gasteiger partial charge is 0.302 e. The highest BCUT2D eigenvalue weighted by Gasteiger charge is 2.29. The molecule has 1 fully saturated rings. The van der Waals surface area contributed by atoms with Gasteiger partial charge in [0.05, 0.1) is 18.4 Å². The van der Waals surface area contributed by atoms with Crippen LogP contribution < -0.4 is 0 Å². The zero-order valence-electron chi connectivity index (χ0n) is 7.85. The van der Waals surface area contributed by atoms with Crippen LogP contribution >= 0.6 is 0 Å². The summed E-state index contributed by atoms with van der Waals surface area (Å²) < 4.78 is 35.7. The maximum absolute atomic E-state index is 11.9. The van der Waals surface area contributed by atoms with Crippen LogP contribution in [0.2, 0.25) is 0 Å². The van der Waals surface area contributed by atoms with Gasteiger partial charge in [-0.25, -0.2) is 0 Å². The van der Waals surface area contributed by atoms with Gasteiger partial charge in [0.2, 0.25) is 0 Å². The third-order valence-electron chi connectivity index (χ3n) is 2.40. The lowest BCUT2D eigenvalue weighted by Crippen LogP contribution is -2.37. The Balaban J connectivity index is 2.28. The number of piperidine rings is 1. The lowest BCUT2D eigenvalue weighted by atomic mass is 10.00. The summed E-state index contributed by atoms with van der Waals surface area (Å²) in [5, 5.41) is 8.64. The number of hydrogen-bond donors (Lipinski definition) is 0. The Hall–Kier alpha value is -0.760. The molecular formula is C9H13F3N2. The van der Waals surface area contributed by atoms with E-state index in [0.29, 0.717) is 13.1 Å². The first kappa shape index (κ1) is 11.3. The fourth-order valence-corrected chi connectivity index (χ4v) is 1.65. The van der Waals surface area contributed by atoms with Gasteiger partial charge in [-0.1, -0.05) is 0 Å².